The van der Waals surface area contributed by atoms with Gasteiger partial charge >= 0.3 is 7.82 Å². The SMILES string of the molecule is CCCCCCCCCCCCC(O)C(COP(=O)(O)OC1C(O)C(O)C(O)C(O)C1O)NC(=O)CC(O)CCCCCCCCC. The van der Waals surface area contributed by atoms with E-state index in [2.05, 4.69) is 19.2 Å². The third-order valence-corrected chi connectivity index (χ3v) is 9.96. The Kier molecular flexibility index (Phi) is 23.8. The van der Waals surface area contributed by atoms with E-state index in [1.54, 1.807) is 0 Å². The number of hydrogen-bond acceptors (Lipinski definition) is 11. The Balaban J connectivity index is 2.68. The summed E-state index contributed by atoms with van der Waals surface area (Å²) in [4.78, 5) is 23.1. The van der Waals surface area contributed by atoms with Crippen molar-refractivity contribution in [1.29, 1.82) is 0 Å². The minimum Gasteiger partial charge on any atom is -0.393 e. The van der Waals surface area contributed by atoms with Crippen LogP contribution in [0.15, 0.2) is 0 Å². The zero-order chi connectivity index (χ0) is 35.2. The average molecular weight is 700 g/mol. The molecule has 1 aliphatic carbocycles. The maximum absolute atomic E-state index is 12.8. The number of aliphatic hydroxyl groups excluding tert-OH is 7. The van der Waals surface area contributed by atoms with Gasteiger partial charge in [0.15, 0.2) is 0 Å². The average Bonchev–Trinajstić information content (AvgIpc) is 3.03. The number of aliphatic hydroxyl groups is 7. The van der Waals surface area contributed by atoms with Crippen molar-refractivity contribution in [3.8, 4) is 0 Å². The molecule has 0 aromatic carbocycles. The Bertz CT molecular complexity index is 838. The number of carbonyl (C=O) groups is 1. The molecule has 0 radical (unpaired) electrons. The zero-order valence-corrected chi connectivity index (χ0v) is 29.6. The summed E-state index contributed by atoms with van der Waals surface area (Å²) in [5, 5.41) is 73.8. The van der Waals surface area contributed by atoms with Crippen molar-refractivity contribution in [3.63, 3.8) is 0 Å². The van der Waals surface area contributed by atoms with Gasteiger partial charge in [-0.25, -0.2) is 4.57 Å². The molecule has 1 amide bonds. The molecular weight excluding hydrogens is 633 g/mol. The van der Waals surface area contributed by atoms with Crippen molar-refractivity contribution >= 4 is 13.7 Å². The lowest BCUT2D eigenvalue weighted by molar-refractivity contribution is -0.220. The predicted octanol–water partition coefficient (Wildman–Crippen LogP) is 3.36. The second kappa shape index (κ2) is 25.3. The second-order valence-electron chi connectivity index (χ2n) is 13.3. The van der Waals surface area contributed by atoms with Gasteiger partial charge in [0.25, 0.3) is 0 Å². The number of rotatable bonds is 28. The lowest BCUT2D eigenvalue weighted by atomic mass is 9.85. The molecule has 1 rings (SSSR count). The molecule has 8 atom stereocenters. The fourth-order valence-electron chi connectivity index (χ4n) is 5.89. The molecule has 280 valence electrons. The van der Waals surface area contributed by atoms with Crippen LogP contribution in [0.5, 0.6) is 0 Å². The van der Waals surface area contributed by atoms with Crippen LogP contribution in [0, 0.1) is 0 Å². The van der Waals surface area contributed by atoms with Crippen molar-refractivity contribution in [1.82, 2.24) is 5.32 Å². The van der Waals surface area contributed by atoms with Crippen LogP contribution >= 0.6 is 7.82 Å². The number of hydrogen-bond donors (Lipinski definition) is 9. The molecule has 9 N–H and O–H groups in total. The van der Waals surface area contributed by atoms with Crippen LogP contribution in [-0.4, -0.2) is 108 Å². The first-order valence-corrected chi connectivity index (χ1v) is 19.6. The molecule has 0 aliphatic heterocycles. The number of nitrogens with one attached hydrogen (secondary N) is 1. The van der Waals surface area contributed by atoms with Gasteiger partial charge in [0.05, 0.1) is 31.3 Å². The number of carbonyl (C=O) groups excluding carboxylic acids is 1. The van der Waals surface area contributed by atoms with E-state index in [1.165, 1.54) is 51.4 Å². The monoisotopic (exact) mass is 699 g/mol. The highest BCUT2D eigenvalue weighted by Gasteiger charge is 2.51. The molecule has 0 saturated heterocycles. The van der Waals surface area contributed by atoms with Gasteiger partial charge in [0, 0.05) is 0 Å². The van der Waals surface area contributed by atoms with Crippen LogP contribution in [0.1, 0.15) is 142 Å². The van der Waals surface area contributed by atoms with Gasteiger partial charge < -0.3 is 46.0 Å². The minimum absolute atomic E-state index is 0.219. The third-order valence-electron chi connectivity index (χ3n) is 8.97. The van der Waals surface area contributed by atoms with Crippen molar-refractivity contribution in [3.05, 3.63) is 0 Å². The van der Waals surface area contributed by atoms with E-state index < -0.39 is 75.2 Å². The lowest BCUT2D eigenvalue weighted by Crippen LogP contribution is -2.64. The highest BCUT2D eigenvalue weighted by Crippen LogP contribution is 2.47. The fourth-order valence-corrected chi connectivity index (χ4v) is 6.86. The van der Waals surface area contributed by atoms with E-state index in [0.717, 1.165) is 51.4 Å². The summed E-state index contributed by atoms with van der Waals surface area (Å²) in [7, 11) is -5.09. The van der Waals surface area contributed by atoms with Gasteiger partial charge in [-0.1, -0.05) is 123 Å². The first kappa shape index (κ1) is 44.3. The van der Waals surface area contributed by atoms with Crippen molar-refractivity contribution < 1.29 is 59.0 Å². The van der Waals surface area contributed by atoms with Crippen LogP contribution < -0.4 is 5.32 Å². The van der Waals surface area contributed by atoms with Crippen LogP contribution in [0.25, 0.3) is 0 Å². The Morgan fingerprint density at radius 2 is 1.06 bits per heavy atom. The maximum Gasteiger partial charge on any atom is 0.472 e. The summed E-state index contributed by atoms with van der Waals surface area (Å²) in [6.07, 6.45) is 5.00. The second-order valence-corrected chi connectivity index (χ2v) is 14.7. The third kappa shape index (κ3) is 18.8. The zero-order valence-electron chi connectivity index (χ0n) is 28.7. The van der Waals surface area contributed by atoms with Gasteiger partial charge in [-0.2, -0.15) is 0 Å². The number of phosphoric acid groups is 1. The molecule has 14 heteroatoms. The maximum atomic E-state index is 12.8. The summed E-state index contributed by atoms with van der Waals surface area (Å²) >= 11 is 0. The number of unbranched alkanes of at least 4 members (excludes halogenated alkanes) is 15. The molecule has 1 aliphatic rings. The summed E-state index contributed by atoms with van der Waals surface area (Å²) in [5.41, 5.74) is 0. The Morgan fingerprint density at radius 3 is 1.53 bits per heavy atom. The van der Waals surface area contributed by atoms with Gasteiger partial charge in [-0.3, -0.25) is 13.8 Å². The van der Waals surface area contributed by atoms with Gasteiger partial charge in [-0.05, 0) is 12.8 Å². The molecule has 0 heterocycles. The van der Waals surface area contributed by atoms with Gasteiger partial charge in [0.1, 0.15) is 36.6 Å². The molecule has 8 unspecified atom stereocenters. The topological polar surface area (TPSA) is 226 Å². The molecule has 47 heavy (non-hydrogen) atoms. The summed E-state index contributed by atoms with van der Waals surface area (Å²) in [6, 6.07) is -1.14. The van der Waals surface area contributed by atoms with E-state index in [1.807, 2.05) is 0 Å². The summed E-state index contributed by atoms with van der Waals surface area (Å²) < 4.78 is 22.7. The van der Waals surface area contributed by atoms with Crippen LogP contribution in [0.3, 0.4) is 0 Å². The Morgan fingerprint density at radius 1 is 0.660 bits per heavy atom. The smallest absolute Gasteiger partial charge is 0.393 e. The molecule has 0 aromatic heterocycles. The highest BCUT2D eigenvalue weighted by molar-refractivity contribution is 7.47. The Labute approximate surface area is 281 Å². The van der Waals surface area contributed by atoms with Crippen LogP contribution in [0.4, 0.5) is 0 Å². The first-order chi connectivity index (χ1) is 22.3. The number of phosphoric ester groups is 1. The van der Waals surface area contributed by atoms with Gasteiger partial charge in [0.2, 0.25) is 5.91 Å². The minimum atomic E-state index is -5.09. The van der Waals surface area contributed by atoms with E-state index in [4.69, 9.17) is 9.05 Å². The van der Waals surface area contributed by atoms with Crippen molar-refractivity contribution in [2.45, 2.75) is 197 Å². The largest absolute Gasteiger partial charge is 0.472 e. The van der Waals surface area contributed by atoms with Crippen LogP contribution in [-0.2, 0) is 18.4 Å². The lowest BCUT2D eigenvalue weighted by Gasteiger charge is -2.41. The number of amides is 1. The summed E-state index contributed by atoms with van der Waals surface area (Å²) in [6.45, 7) is 3.66. The molecule has 1 fully saturated rings. The first-order valence-electron chi connectivity index (χ1n) is 18.1. The van der Waals surface area contributed by atoms with E-state index in [9.17, 15) is 50.0 Å². The quantitative estimate of drug-likeness (QED) is 0.0423. The predicted molar refractivity (Wildman–Crippen MR) is 178 cm³/mol. The standard InChI is InChI=1S/C33H66NO12P/c1-3-5-7-9-11-12-13-15-17-19-21-26(36)25(34-27(37)22-24(35)20-18-16-14-10-8-6-4-2)23-45-47(43,44)46-33-31(41)29(39)28(38)30(40)32(33)42/h24-26,28-33,35-36,38-42H,3-23H2,1-2H3,(H,34,37)(H,43,44). The fraction of sp³-hybridized carbons (Fsp3) is 0.970. The summed E-state index contributed by atoms with van der Waals surface area (Å²) in [5.74, 6) is -0.566. The normalized spacial score (nSPS) is 26.4. The molecule has 0 spiro atoms. The molecule has 0 bridgehead atoms. The van der Waals surface area contributed by atoms with Crippen LogP contribution in [0.2, 0.25) is 0 Å². The highest BCUT2D eigenvalue weighted by atomic mass is 31.2. The van der Waals surface area contributed by atoms with Crippen molar-refractivity contribution in [2.75, 3.05) is 6.61 Å². The Hall–Kier alpha value is -0.700. The molecule has 1 saturated carbocycles. The van der Waals surface area contributed by atoms with E-state index in [0.29, 0.717) is 12.8 Å². The molecular formula is C33H66NO12P. The van der Waals surface area contributed by atoms with Gasteiger partial charge in [-0.15, -0.1) is 0 Å². The van der Waals surface area contributed by atoms with Crippen molar-refractivity contribution in [2.24, 2.45) is 0 Å². The van der Waals surface area contributed by atoms with E-state index >= 15 is 0 Å². The molecule has 13 nitrogen and oxygen atoms in total. The van der Waals surface area contributed by atoms with E-state index in [-0.39, 0.29) is 12.8 Å². The molecule has 0 aromatic rings.